The molecule has 1 aliphatic heterocycles. The highest BCUT2D eigenvalue weighted by Crippen LogP contribution is 2.35. The van der Waals surface area contributed by atoms with Crippen LogP contribution >= 0.6 is 0 Å². The number of nitrogens with two attached hydrogens (primary N) is 1. The molecule has 2 aromatic carbocycles. The van der Waals surface area contributed by atoms with E-state index in [9.17, 15) is 8.42 Å². The first-order valence-electron chi connectivity index (χ1n) is 6.53. The van der Waals surface area contributed by atoms with Crippen LogP contribution in [0.5, 0.6) is 5.75 Å². The molecule has 5 nitrogen and oxygen atoms in total. The number of ether oxygens (including phenoxy) is 1. The Bertz CT molecular complexity index is 787. The molecule has 0 radical (unpaired) electrons. The maximum atomic E-state index is 11.5. The monoisotopic (exact) mass is 304 g/mol. The fourth-order valence-electron chi connectivity index (χ4n) is 2.37. The van der Waals surface area contributed by atoms with Gasteiger partial charge in [0.05, 0.1) is 22.3 Å². The molecule has 1 atom stereocenters. The molecule has 3 N–H and O–H groups in total. The van der Waals surface area contributed by atoms with Gasteiger partial charge in [0.25, 0.3) is 0 Å². The highest BCUT2D eigenvalue weighted by Gasteiger charge is 2.24. The molecule has 0 saturated heterocycles. The number of rotatable bonds is 3. The number of hydrogen-bond acceptors (Lipinski definition) is 5. The van der Waals surface area contributed by atoms with E-state index in [2.05, 4.69) is 5.32 Å². The van der Waals surface area contributed by atoms with Crippen LogP contribution in [0.15, 0.2) is 47.4 Å². The number of benzene rings is 2. The zero-order chi connectivity index (χ0) is 15.0. The Morgan fingerprint density at radius 1 is 1.24 bits per heavy atom. The van der Waals surface area contributed by atoms with Gasteiger partial charge in [0.2, 0.25) is 0 Å². The van der Waals surface area contributed by atoms with Gasteiger partial charge in [0.15, 0.2) is 9.84 Å². The van der Waals surface area contributed by atoms with Gasteiger partial charge in [-0.3, -0.25) is 0 Å². The van der Waals surface area contributed by atoms with E-state index in [4.69, 9.17) is 10.5 Å². The Morgan fingerprint density at radius 3 is 2.71 bits per heavy atom. The van der Waals surface area contributed by atoms with Crippen LogP contribution in [-0.2, 0) is 9.84 Å². The first-order valence-corrected chi connectivity index (χ1v) is 8.42. The van der Waals surface area contributed by atoms with Gasteiger partial charge in [-0.25, -0.2) is 8.42 Å². The molecule has 3 rings (SSSR count). The third-order valence-corrected chi connectivity index (χ3v) is 4.59. The van der Waals surface area contributed by atoms with Gasteiger partial charge in [-0.1, -0.05) is 18.2 Å². The molecular weight excluding hydrogens is 288 g/mol. The van der Waals surface area contributed by atoms with Crippen molar-refractivity contribution >= 4 is 21.2 Å². The van der Waals surface area contributed by atoms with E-state index >= 15 is 0 Å². The third-order valence-electron chi connectivity index (χ3n) is 3.48. The molecule has 0 bridgehead atoms. The lowest BCUT2D eigenvalue weighted by Gasteiger charge is -2.15. The van der Waals surface area contributed by atoms with Crippen molar-refractivity contribution in [1.29, 1.82) is 0 Å². The first kappa shape index (κ1) is 13.8. The number of nitrogen functional groups attached to an aromatic ring is 1. The summed E-state index contributed by atoms with van der Waals surface area (Å²) >= 11 is 0. The van der Waals surface area contributed by atoms with Crippen LogP contribution in [0.4, 0.5) is 11.4 Å². The molecule has 2 aromatic rings. The van der Waals surface area contributed by atoms with Crippen molar-refractivity contribution in [3.05, 3.63) is 48.0 Å². The zero-order valence-electron chi connectivity index (χ0n) is 11.5. The van der Waals surface area contributed by atoms with E-state index < -0.39 is 9.84 Å². The lowest BCUT2D eigenvalue weighted by molar-refractivity contribution is 0.340. The Hall–Kier alpha value is -2.21. The maximum Gasteiger partial charge on any atom is 0.175 e. The van der Waals surface area contributed by atoms with E-state index in [1.54, 1.807) is 12.1 Å². The maximum absolute atomic E-state index is 11.5. The van der Waals surface area contributed by atoms with E-state index in [-0.39, 0.29) is 10.9 Å². The number of fused-ring (bicyclic) bond motifs is 1. The lowest BCUT2D eigenvalue weighted by atomic mass is 10.1. The summed E-state index contributed by atoms with van der Waals surface area (Å²) in [5.74, 6) is 0.862. The van der Waals surface area contributed by atoms with Crippen LogP contribution in [0.3, 0.4) is 0 Å². The molecule has 21 heavy (non-hydrogen) atoms. The minimum absolute atomic E-state index is 0.00702. The van der Waals surface area contributed by atoms with Crippen LogP contribution in [-0.4, -0.2) is 21.3 Å². The predicted octanol–water partition coefficient (Wildman–Crippen LogP) is 2.22. The van der Waals surface area contributed by atoms with Crippen LogP contribution in [0.1, 0.15) is 11.6 Å². The largest absolute Gasteiger partial charge is 0.491 e. The van der Waals surface area contributed by atoms with Gasteiger partial charge in [-0.15, -0.1) is 0 Å². The van der Waals surface area contributed by atoms with Gasteiger partial charge >= 0.3 is 0 Å². The third kappa shape index (κ3) is 2.67. The first-order chi connectivity index (χ1) is 9.95. The molecule has 1 aliphatic rings. The minimum Gasteiger partial charge on any atom is -0.491 e. The fourth-order valence-corrected chi connectivity index (χ4v) is 3.03. The van der Waals surface area contributed by atoms with Gasteiger partial charge < -0.3 is 15.8 Å². The normalized spacial score (nSPS) is 17.1. The average Bonchev–Trinajstić information content (AvgIpc) is 2.83. The zero-order valence-corrected chi connectivity index (χ0v) is 12.4. The summed E-state index contributed by atoms with van der Waals surface area (Å²) in [6.45, 7) is 0.520. The number of hydrogen-bond donors (Lipinski definition) is 2. The second-order valence-electron chi connectivity index (χ2n) is 5.07. The number of anilines is 2. The summed E-state index contributed by atoms with van der Waals surface area (Å²) in [5, 5.41) is 3.30. The van der Waals surface area contributed by atoms with Crippen molar-refractivity contribution in [2.45, 2.75) is 10.9 Å². The molecule has 0 aliphatic carbocycles. The van der Waals surface area contributed by atoms with Crippen molar-refractivity contribution < 1.29 is 13.2 Å². The molecule has 0 aromatic heterocycles. The molecule has 0 saturated carbocycles. The average molecular weight is 304 g/mol. The minimum atomic E-state index is -3.25. The topological polar surface area (TPSA) is 81.4 Å². The second kappa shape index (κ2) is 4.96. The van der Waals surface area contributed by atoms with E-state index in [1.165, 1.54) is 6.07 Å². The molecule has 0 spiro atoms. The lowest BCUT2D eigenvalue weighted by Crippen LogP contribution is -2.13. The molecule has 1 heterocycles. The summed E-state index contributed by atoms with van der Waals surface area (Å²) in [6.07, 6.45) is 1.16. The van der Waals surface area contributed by atoms with E-state index in [0.29, 0.717) is 18.0 Å². The summed E-state index contributed by atoms with van der Waals surface area (Å²) in [5.41, 5.74) is 8.13. The van der Waals surface area contributed by atoms with Gasteiger partial charge in [-0.05, 0) is 24.3 Å². The smallest absolute Gasteiger partial charge is 0.175 e. The van der Waals surface area contributed by atoms with Crippen molar-refractivity contribution in [2.24, 2.45) is 0 Å². The van der Waals surface area contributed by atoms with Crippen molar-refractivity contribution in [3.63, 3.8) is 0 Å². The SMILES string of the molecule is CS(=O)(=O)c1ccc(NC2COc3ccccc32)c(N)c1. The van der Waals surface area contributed by atoms with Gasteiger partial charge in [0.1, 0.15) is 12.4 Å². The van der Waals surface area contributed by atoms with Crippen molar-refractivity contribution in [2.75, 3.05) is 23.9 Å². The summed E-state index contributed by atoms with van der Waals surface area (Å²) < 4.78 is 28.6. The van der Waals surface area contributed by atoms with Crippen molar-refractivity contribution in [1.82, 2.24) is 0 Å². The van der Waals surface area contributed by atoms with E-state index in [1.807, 2.05) is 24.3 Å². The second-order valence-corrected chi connectivity index (χ2v) is 7.08. The van der Waals surface area contributed by atoms with Gasteiger partial charge in [-0.2, -0.15) is 0 Å². The van der Waals surface area contributed by atoms with E-state index in [0.717, 1.165) is 17.6 Å². The van der Waals surface area contributed by atoms with Crippen molar-refractivity contribution in [3.8, 4) is 5.75 Å². The molecular formula is C15H16N2O3S. The Morgan fingerprint density at radius 2 is 2.00 bits per heavy atom. The Kier molecular flexibility index (Phi) is 3.25. The predicted molar refractivity (Wildman–Crippen MR) is 82.3 cm³/mol. The Balaban J connectivity index is 1.87. The summed E-state index contributed by atoms with van der Waals surface area (Å²) in [4.78, 5) is 0.216. The summed E-state index contributed by atoms with van der Waals surface area (Å²) in [6, 6.07) is 12.5. The molecule has 1 unspecified atom stereocenters. The molecule has 0 amide bonds. The highest BCUT2D eigenvalue weighted by atomic mass is 32.2. The van der Waals surface area contributed by atoms with Gasteiger partial charge in [0, 0.05) is 11.8 Å². The fraction of sp³-hybridized carbons (Fsp3) is 0.200. The highest BCUT2D eigenvalue weighted by molar-refractivity contribution is 7.90. The molecule has 6 heteroatoms. The molecule has 110 valence electrons. The Labute approximate surface area is 123 Å². The van der Waals surface area contributed by atoms with Crippen LogP contribution < -0.4 is 15.8 Å². The van der Waals surface area contributed by atoms with Crippen LogP contribution in [0.2, 0.25) is 0 Å². The number of sulfone groups is 1. The molecule has 0 fully saturated rings. The standard InChI is InChI=1S/C15H16N2O3S/c1-21(18,19)10-6-7-13(12(16)8-10)17-14-9-20-15-5-3-2-4-11(14)15/h2-8,14,17H,9,16H2,1H3. The van der Waals surface area contributed by atoms with Crippen LogP contribution in [0.25, 0.3) is 0 Å². The number of nitrogens with one attached hydrogen (secondary N) is 1. The summed E-state index contributed by atoms with van der Waals surface area (Å²) in [7, 11) is -3.25. The number of para-hydroxylation sites is 1. The van der Waals surface area contributed by atoms with Crippen LogP contribution in [0, 0.1) is 0 Å². The quantitative estimate of drug-likeness (QED) is 0.850.